The lowest BCUT2D eigenvalue weighted by atomic mass is 10.0. The number of ether oxygens (including phenoxy) is 1. The fraction of sp³-hybridized carbons (Fsp3) is 0.0741. The number of rotatable bonds is 8. The first-order valence-corrected chi connectivity index (χ1v) is 12.0. The van der Waals surface area contributed by atoms with E-state index in [0.29, 0.717) is 22.5 Å². The van der Waals surface area contributed by atoms with Gasteiger partial charge in [0.15, 0.2) is 0 Å². The monoisotopic (exact) mass is 531 g/mol. The van der Waals surface area contributed by atoms with E-state index in [1.807, 2.05) is 6.07 Å². The van der Waals surface area contributed by atoms with Gasteiger partial charge in [-0.15, -0.1) is 11.3 Å². The summed E-state index contributed by atoms with van der Waals surface area (Å²) >= 11 is 1.06. The molecule has 9 nitrogen and oxygen atoms in total. The number of nitrogens with zero attached hydrogens (tertiary/aromatic N) is 2. The number of halogens is 1. The minimum absolute atomic E-state index is 0.0674. The molecule has 0 aliphatic carbocycles. The van der Waals surface area contributed by atoms with Crippen molar-refractivity contribution in [2.75, 3.05) is 11.9 Å². The van der Waals surface area contributed by atoms with Crippen LogP contribution in [0.1, 0.15) is 23.0 Å². The van der Waals surface area contributed by atoms with E-state index in [1.165, 1.54) is 54.6 Å². The van der Waals surface area contributed by atoms with Crippen molar-refractivity contribution in [3.63, 3.8) is 0 Å². The third kappa shape index (κ3) is 5.66. The van der Waals surface area contributed by atoms with Gasteiger partial charge >= 0.3 is 5.97 Å². The van der Waals surface area contributed by atoms with Crippen LogP contribution in [0, 0.1) is 27.3 Å². The average Bonchev–Trinajstić information content (AvgIpc) is 3.55. The van der Waals surface area contributed by atoms with E-state index in [1.54, 1.807) is 24.4 Å². The molecular weight excluding hydrogens is 513 g/mol. The zero-order valence-electron chi connectivity index (χ0n) is 19.8. The maximum absolute atomic E-state index is 13.4. The lowest BCUT2D eigenvalue weighted by molar-refractivity contribution is -0.384. The average molecular weight is 532 g/mol. The van der Waals surface area contributed by atoms with Crippen LogP contribution in [0.4, 0.5) is 15.1 Å². The molecule has 4 aromatic rings. The highest BCUT2D eigenvalue weighted by atomic mass is 32.1. The molecule has 0 fully saturated rings. The number of furan rings is 1. The molecular formula is C27H18FN3O6S. The van der Waals surface area contributed by atoms with Crippen LogP contribution in [0.3, 0.4) is 0 Å². The summed E-state index contributed by atoms with van der Waals surface area (Å²) in [7, 11) is 0. The number of amides is 1. The first-order valence-electron chi connectivity index (χ1n) is 11.1. The van der Waals surface area contributed by atoms with Gasteiger partial charge in [0.25, 0.3) is 11.6 Å². The van der Waals surface area contributed by atoms with Crippen molar-refractivity contribution >= 4 is 40.0 Å². The highest BCUT2D eigenvalue weighted by Gasteiger charge is 2.24. The van der Waals surface area contributed by atoms with E-state index in [-0.39, 0.29) is 34.2 Å². The Hall–Kier alpha value is -5.08. The van der Waals surface area contributed by atoms with Gasteiger partial charge in [-0.3, -0.25) is 14.9 Å². The molecule has 0 saturated heterocycles. The van der Waals surface area contributed by atoms with Crippen LogP contribution >= 0.6 is 11.3 Å². The van der Waals surface area contributed by atoms with E-state index >= 15 is 0 Å². The summed E-state index contributed by atoms with van der Waals surface area (Å²) in [5.74, 6) is -1.30. The van der Waals surface area contributed by atoms with Crippen LogP contribution in [0.15, 0.2) is 76.0 Å². The molecule has 38 heavy (non-hydrogen) atoms. The molecule has 0 unspecified atom stereocenters. The van der Waals surface area contributed by atoms with E-state index in [2.05, 4.69) is 5.32 Å². The number of nitro benzene ring substituents is 1. The predicted molar refractivity (Wildman–Crippen MR) is 139 cm³/mol. The van der Waals surface area contributed by atoms with Gasteiger partial charge in [0.1, 0.15) is 39.5 Å². The Balaban J connectivity index is 1.59. The van der Waals surface area contributed by atoms with Gasteiger partial charge in [-0.25, -0.2) is 9.18 Å². The Morgan fingerprint density at radius 3 is 2.45 bits per heavy atom. The van der Waals surface area contributed by atoms with Crippen LogP contribution in [-0.2, 0) is 9.53 Å². The minimum Gasteiger partial charge on any atom is -0.462 e. The highest BCUT2D eigenvalue weighted by Crippen LogP contribution is 2.36. The SMILES string of the molecule is CCOC(=O)c1c(-c2ccc(F)cc2)csc1NC(=O)/C(C#N)=C/c1ccc(-c2ccc([N+](=O)[O-])cc2)o1. The molecule has 190 valence electrons. The molecule has 1 N–H and O–H groups in total. The number of carbonyl (C=O) groups is 2. The lowest BCUT2D eigenvalue weighted by Gasteiger charge is -2.08. The van der Waals surface area contributed by atoms with E-state index in [0.717, 1.165) is 11.3 Å². The summed E-state index contributed by atoms with van der Waals surface area (Å²) in [6.45, 7) is 1.74. The van der Waals surface area contributed by atoms with Crippen LogP contribution in [0.5, 0.6) is 0 Å². The van der Waals surface area contributed by atoms with Gasteiger partial charge in [-0.2, -0.15) is 5.26 Å². The molecule has 0 atom stereocenters. The van der Waals surface area contributed by atoms with Crippen molar-refractivity contribution < 1.29 is 28.1 Å². The standard InChI is InChI=1S/C27H18FN3O6S/c1-2-36-27(33)24-22(16-3-7-19(28)8-4-16)15-38-26(24)30-25(32)18(14-29)13-21-11-12-23(37-21)17-5-9-20(10-6-17)31(34)35/h3-13,15H,2H2,1H3,(H,30,32)/b18-13+. The van der Waals surface area contributed by atoms with Crippen LogP contribution in [0.2, 0.25) is 0 Å². The number of carbonyl (C=O) groups excluding carboxylic acids is 2. The molecule has 2 aromatic heterocycles. The first-order chi connectivity index (χ1) is 18.3. The van der Waals surface area contributed by atoms with Crippen molar-refractivity contribution in [2.24, 2.45) is 0 Å². The zero-order valence-corrected chi connectivity index (χ0v) is 20.6. The van der Waals surface area contributed by atoms with Gasteiger partial charge in [0.05, 0.1) is 11.5 Å². The van der Waals surface area contributed by atoms with Crippen molar-refractivity contribution in [2.45, 2.75) is 6.92 Å². The molecule has 0 saturated carbocycles. The van der Waals surface area contributed by atoms with Gasteiger partial charge < -0.3 is 14.5 Å². The van der Waals surface area contributed by atoms with E-state index < -0.39 is 22.6 Å². The van der Waals surface area contributed by atoms with Crippen molar-refractivity contribution in [1.82, 2.24) is 0 Å². The van der Waals surface area contributed by atoms with Gasteiger partial charge in [0.2, 0.25) is 0 Å². The second-order valence-electron chi connectivity index (χ2n) is 7.71. The van der Waals surface area contributed by atoms with Crippen molar-refractivity contribution in [1.29, 1.82) is 5.26 Å². The van der Waals surface area contributed by atoms with E-state index in [9.17, 15) is 29.4 Å². The Labute approximate surface area is 219 Å². The lowest BCUT2D eigenvalue weighted by Crippen LogP contribution is -2.16. The van der Waals surface area contributed by atoms with Gasteiger partial charge in [-0.05, 0) is 48.9 Å². The minimum atomic E-state index is -0.779. The Morgan fingerprint density at radius 1 is 1.13 bits per heavy atom. The molecule has 4 rings (SSSR count). The third-order valence-electron chi connectivity index (χ3n) is 5.29. The Bertz CT molecular complexity index is 1580. The largest absolute Gasteiger partial charge is 0.462 e. The number of hydrogen-bond donors (Lipinski definition) is 1. The van der Waals surface area contributed by atoms with Crippen LogP contribution in [0.25, 0.3) is 28.5 Å². The molecule has 0 aliphatic rings. The number of nitriles is 1. The van der Waals surface area contributed by atoms with Gasteiger partial charge in [0, 0.05) is 34.7 Å². The maximum atomic E-state index is 13.4. The fourth-order valence-corrected chi connectivity index (χ4v) is 4.44. The van der Waals surface area contributed by atoms with Crippen LogP contribution < -0.4 is 5.32 Å². The number of thiophene rings is 1. The number of hydrogen-bond acceptors (Lipinski definition) is 8. The zero-order chi connectivity index (χ0) is 27.2. The highest BCUT2D eigenvalue weighted by molar-refractivity contribution is 7.15. The second-order valence-corrected chi connectivity index (χ2v) is 8.59. The molecule has 11 heteroatoms. The number of nitro groups is 1. The number of anilines is 1. The van der Waals surface area contributed by atoms with Crippen LogP contribution in [-0.4, -0.2) is 23.4 Å². The maximum Gasteiger partial charge on any atom is 0.341 e. The molecule has 2 heterocycles. The number of nitrogens with one attached hydrogen (secondary N) is 1. The summed E-state index contributed by atoms with van der Waals surface area (Å²) < 4.78 is 24.2. The smallest absolute Gasteiger partial charge is 0.341 e. The summed E-state index contributed by atoms with van der Waals surface area (Å²) in [5.41, 5.74) is 1.31. The summed E-state index contributed by atoms with van der Waals surface area (Å²) in [5, 5.41) is 24.8. The number of non-ortho nitro benzene ring substituents is 1. The van der Waals surface area contributed by atoms with Crippen molar-refractivity contribution in [3.8, 4) is 28.5 Å². The number of esters is 1. The third-order valence-corrected chi connectivity index (χ3v) is 6.19. The normalized spacial score (nSPS) is 11.0. The Kier molecular flexibility index (Phi) is 7.74. The number of benzene rings is 2. The fourth-order valence-electron chi connectivity index (χ4n) is 3.49. The Morgan fingerprint density at radius 2 is 1.82 bits per heavy atom. The van der Waals surface area contributed by atoms with Gasteiger partial charge in [-0.1, -0.05) is 12.1 Å². The molecule has 0 bridgehead atoms. The van der Waals surface area contributed by atoms with E-state index in [4.69, 9.17) is 9.15 Å². The molecule has 1 amide bonds. The molecule has 0 aliphatic heterocycles. The summed E-state index contributed by atoms with van der Waals surface area (Å²) in [6.07, 6.45) is 1.24. The topological polar surface area (TPSA) is 135 Å². The first kappa shape index (κ1) is 26.0. The quantitative estimate of drug-likeness (QED) is 0.0908. The summed E-state index contributed by atoms with van der Waals surface area (Å²) in [4.78, 5) is 36.0. The second kappa shape index (κ2) is 11.3. The summed E-state index contributed by atoms with van der Waals surface area (Å²) in [6, 6.07) is 16.2. The molecule has 0 spiro atoms. The molecule has 2 aromatic carbocycles. The van der Waals surface area contributed by atoms with Crippen molar-refractivity contribution in [3.05, 3.63) is 98.9 Å². The predicted octanol–water partition coefficient (Wildman–Crippen LogP) is 6.44. The molecule has 0 radical (unpaired) electrons.